The number of carbonyl (C=O) groups is 2. The number of nitrogens with one attached hydrogen (secondary N) is 2. The summed E-state index contributed by atoms with van der Waals surface area (Å²) in [5, 5.41) is 14.6. The second-order valence-electron chi connectivity index (χ2n) is 4.91. The van der Waals surface area contributed by atoms with E-state index in [4.69, 9.17) is 5.73 Å². The predicted octanol–water partition coefficient (Wildman–Crippen LogP) is -0.256. The number of hydrogen-bond donors (Lipinski definition) is 4. The van der Waals surface area contributed by atoms with E-state index in [0.717, 1.165) is 19.3 Å². The molecule has 2 saturated carbocycles. The summed E-state index contributed by atoms with van der Waals surface area (Å²) < 4.78 is 0. The summed E-state index contributed by atoms with van der Waals surface area (Å²) in [6.07, 6.45) is 2.93. The van der Waals surface area contributed by atoms with Gasteiger partial charge in [0.25, 0.3) is 0 Å². The number of hydrogen-bond acceptors (Lipinski definition) is 3. The van der Waals surface area contributed by atoms with Crippen molar-refractivity contribution in [1.29, 1.82) is 0 Å². The Hall–Kier alpha value is -1.30. The Bertz CT molecular complexity index is 321. The molecule has 0 heterocycles. The van der Waals surface area contributed by atoms with Crippen molar-refractivity contribution in [2.45, 2.75) is 25.3 Å². The van der Waals surface area contributed by atoms with Gasteiger partial charge in [-0.2, -0.15) is 0 Å². The summed E-state index contributed by atoms with van der Waals surface area (Å²) in [5.41, 5.74) is 5.28. The molecule has 0 radical (unpaired) electrons. The summed E-state index contributed by atoms with van der Waals surface area (Å²) in [6.45, 7) is 0.789. The van der Waals surface area contributed by atoms with Crippen molar-refractivity contribution in [1.82, 2.24) is 10.6 Å². The van der Waals surface area contributed by atoms with Crippen LogP contribution in [0.25, 0.3) is 0 Å². The highest BCUT2D eigenvalue weighted by Crippen LogP contribution is 2.48. The third-order valence-corrected chi connectivity index (χ3v) is 3.93. The minimum Gasteiger partial charge on any atom is -0.481 e. The Labute approximate surface area is 99.9 Å². The van der Waals surface area contributed by atoms with Gasteiger partial charge in [0.05, 0.1) is 5.92 Å². The molecule has 0 aromatic heterocycles. The lowest BCUT2D eigenvalue weighted by atomic mass is 9.84. The van der Waals surface area contributed by atoms with Gasteiger partial charge in [-0.05, 0) is 31.1 Å². The lowest BCUT2D eigenvalue weighted by Crippen LogP contribution is -2.50. The number of carboxylic acids is 1. The van der Waals surface area contributed by atoms with Gasteiger partial charge in [-0.15, -0.1) is 0 Å². The van der Waals surface area contributed by atoms with Crippen LogP contribution in [0.2, 0.25) is 0 Å². The van der Waals surface area contributed by atoms with Crippen LogP contribution in [0.3, 0.4) is 0 Å². The van der Waals surface area contributed by atoms with Crippen molar-refractivity contribution in [3.63, 3.8) is 0 Å². The molecule has 2 aliphatic carbocycles. The van der Waals surface area contributed by atoms with Crippen LogP contribution < -0.4 is 16.4 Å². The van der Waals surface area contributed by atoms with Crippen molar-refractivity contribution in [2.24, 2.45) is 23.5 Å². The number of carboxylic acid groups (broad SMARTS) is 1. The predicted molar refractivity (Wildman–Crippen MR) is 61.3 cm³/mol. The number of urea groups is 1. The van der Waals surface area contributed by atoms with Crippen LogP contribution in [-0.4, -0.2) is 36.2 Å². The van der Waals surface area contributed by atoms with Gasteiger partial charge in [0.1, 0.15) is 0 Å². The minimum atomic E-state index is -0.790. The number of nitrogens with two attached hydrogens (primary N) is 1. The fourth-order valence-electron chi connectivity index (χ4n) is 3.24. The van der Waals surface area contributed by atoms with Crippen LogP contribution in [0.5, 0.6) is 0 Å². The SMILES string of the molecule is NCCNC(=O)NC1C2CCC(C2)C1C(=O)O. The maximum absolute atomic E-state index is 11.5. The first-order chi connectivity index (χ1) is 8.13. The third kappa shape index (κ3) is 2.36. The molecule has 4 atom stereocenters. The van der Waals surface area contributed by atoms with Crippen molar-refractivity contribution in [2.75, 3.05) is 13.1 Å². The van der Waals surface area contributed by atoms with Gasteiger partial charge in [0.2, 0.25) is 0 Å². The van der Waals surface area contributed by atoms with Crippen LogP contribution in [0, 0.1) is 17.8 Å². The van der Waals surface area contributed by atoms with E-state index in [1.54, 1.807) is 0 Å². The van der Waals surface area contributed by atoms with E-state index in [0.29, 0.717) is 19.0 Å². The molecule has 96 valence electrons. The number of aliphatic carboxylic acids is 1. The van der Waals surface area contributed by atoms with Crippen molar-refractivity contribution >= 4 is 12.0 Å². The standard InChI is InChI=1S/C11H19N3O3/c12-3-4-13-11(17)14-9-7-2-1-6(5-7)8(9)10(15)16/h6-9H,1-5,12H2,(H,15,16)(H2,13,14,17). The molecule has 2 bridgehead atoms. The van der Waals surface area contributed by atoms with Crippen LogP contribution in [-0.2, 0) is 4.79 Å². The molecule has 6 nitrogen and oxygen atoms in total. The Balaban J connectivity index is 1.94. The van der Waals surface area contributed by atoms with Crippen LogP contribution in [0.15, 0.2) is 0 Å². The first-order valence-corrected chi connectivity index (χ1v) is 6.10. The van der Waals surface area contributed by atoms with E-state index < -0.39 is 11.9 Å². The van der Waals surface area contributed by atoms with Gasteiger partial charge in [0.15, 0.2) is 0 Å². The molecule has 2 rings (SSSR count). The molecule has 5 N–H and O–H groups in total. The zero-order valence-corrected chi connectivity index (χ0v) is 9.69. The van der Waals surface area contributed by atoms with Gasteiger partial charge in [0, 0.05) is 19.1 Å². The molecule has 0 aliphatic heterocycles. The van der Waals surface area contributed by atoms with Gasteiger partial charge < -0.3 is 21.5 Å². The first kappa shape index (κ1) is 12.2. The number of rotatable bonds is 4. The third-order valence-electron chi connectivity index (χ3n) is 3.93. The van der Waals surface area contributed by atoms with E-state index in [-0.39, 0.29) is 18.0 Å². The second-order valence-corrected chi connectivity index (χ2v) is 4.91. The summed E-state index contributed by atoms with van der Waals surface area (Å²) in [5.74, 6) is -0.652. The molecule has 0 spiro atoms. The second kappa shape index (κ2) is 4.91. The van der Waals surface area contributed by atoms with Crippen molar-refractivity contribution in [3.05, 3.63) is 0 Å². The maximum Gasteiger partial charge on any atom is 0.315 e. The Kier molecular flexibility index (Phi) is 3.51. The molecule has 4 unspecified atom stereocenters. The van der Waals surface area contributed by atoms with E-state index in [2.05, 4.69) is 10.6 Å². The molecule has 0 aromatic carbocycles. The summed E-state index contributed by atoms with van der Waals surface area (Å²) >= 11 is 0. The normalized spacial score (nSPS) is 34.6. The Morgan fingerprint density at radius 1 is 1.29 bits per heavy atom. The highest BCUT2D eigenvalue weighted by atomic mass is 16.4. The first-order valence-electron chi connectivity index (χ1n) is 6.10. The number of carbonyl (C=O) groups excluding carboxylic acids is 1. The summed E-state index contributed by atoms with van der Waals surface area (Å²) in [7, 11) is 0. The molecule has 0 saturated heterocycles. The van der Waals surface area contributed by atoms with Crippen LogP contribution >= 0.6 is 0 Å². The quantitative estimate of drug-likeness (QED) is 0.544. The van der Waals surface area contributed by atoms with E-state index in [1.807, 2.05) is 0 Å². The molecule has 6 heteroatoms. The summed E-state index contributed by atoms with van der Waals surface area (Å²) in [4.78, 5) is 22.7. The van der Waals surface area contributed by atoms with E-state index >= 15 is 0 Å². The van der Waals surface area contributed by atoms with Crippen molar-refractivity contribution < 1.29 is 14.7 Å². The molecule has 0 aromatic rings. The Morgan fingerprint density at radius 2 is 2.00 bits per heavy atom. The highest BCUT2D eigenvalue weighted by molar-refractivity contribution is 5.77. The van der Waals surface area contributed by atoms with Crippen molar-refractivity contribution in [3.8, 4) is 0 Å². The molecular formula is C11H19N3O3. The van der Waals surface area contributed by atoms with Gasteiger partial charge in [-0.1, -0.05) is 0 Å². The van der Waals surface area contributed by atoms with Gasteiger partial charge in [-0.25, -0.2) is 4.79 Å². The monoisotopic (exact) mass is 241 g/mol. The molecule has 2 aliphatic rings. The Morgan fingerprint density at radius 3 is 2.65 bits per heavy atom. The fourth-order valence-corrected chi connectivity index (χ4v) is 3.24. The number of amides is 2. The maximum atomic E-state index is 11.5. The number of fused-ring (bicyclic) bond motifs is 2. The fraction of sp³-hybridized carbons (Fsp3) is 0.818. The lowest BCUT2D eigenvalue weighted by Gasteiger charge is -2.28. The average molecular weight is 241 g/mol. The van der Waals surface area contributed by atoms with Crippen LogP contribution in [0.4, 0.5) is 4.79 Å². The topological polar surface area (TPSA) is 104 Å². The minimum absolute atomic E-state index is 0.218. The lowest BCUT2D eigenvalue weighted by molar-refractivity contribution is -0.144. The smallest absolute Gasteiger partial charge is 0.315 e. The van der Waals surface area contributed by atoms with E-state index in [1.165, 1.54) is 0 Å². The molecule has 17 heavy (non-hydrogen) atoms. The largest absolute Gasteiger partial charge is 0.481 e. The van der Waals surface area contributed by atoms with Gasteiger partial charge >= 0.3 is 12.0 Å². The van der Waals surface area contributed by atoms with Crippen LogP contribution in [0.1, 0.15) is 19.3 Å². The van der Waals surface area contributed by atoms with E-state index in [9.17, 15) is 14.7 Å². The average Bonchev–Trinajstić information content (AvgIpc) is 2.86. The molecule has 2 fully saturated rings. The zero-order chi connectivity index (χ0) is 12.4. The van der Waals surface area contributed by atoms with Gasteiger partial charge in [-0.3, -0.25) is 4.79 Å². The zero-order valence-electron chi connectivity index (χ0n) is 9.69. The molecular weight excluding hydrogens is 222 g/mol. The molecule has 2 amide bonds. The summed E-state index contributed by atoms with van der Waals surface area (Å²) in [6, 6.07) is -0.525. The highest BCUT2D eigenvalue weighted by Gasteiger charge is 2.51.